The molecule has 0 aliphatic rings. The van der Waals surface area contributed by atoms with Crippen molar-refractivity contribution in [1.82, 2.24) is 4.98 Å². The van der Waals surface area contributed by atoms with E-state index in [0.717, 1.165) is 0 Å². The van der Waals surface area contributed by atoms with Gasteiger partial charge in [-0.1, -0.05) is 0 Å². The molecule has 0 radical (unpaired) electrons. The standard InChI is InChI=1S/C12H6BrN3O4S2/c13-10-2-1-8(20-10)11(17)15-12-14-7(5-22-12)9-3-6(4-21-9)16(18)19/h1-5H,(H,14,15,17). The molecule has 0 atom stereocenters. The van der Waals surface area contributed by atoms with Crippen LogP contribution in [0.15, 0.2) is 38.0 Å². The fourth-order valence-corrected chi connectivity index (χ4v) is 3.50. The molecule has 1 amide bonds. The van der Waals surface area contributed by atoms with Gasteiger partial charge in [-0.15, -0.1) is 22.7 Å². The normalized spacial score (nSPS) is 10.6. The number of nitrogens with one attached hydrogen (secondary N) is 1. The molecule has 0 fully saturated rings. The van der Waals surface area contributed by atoms with E-state index in [2.05, 4.69) is 26.2 Å². The largest absolute Gasteiger partial charge is 0.444 e. The van der Waals surface area contributed by atoms with Gasteiger partial charge in [-0.3, -0.25) is 20.2 Å². The fraction of sp³-hybridized carbons (Fsp3) is 0. The van der Waals surface area contributed by atoms with Crippen molar-refractivity contribution in [2.45, 2.75) is 0 Å². The van der Waals surface area contributed by atoms with Gasteiger partial charge in [-0.2, -0.15) is 0 Å². The number of thiazole rings is 1. The lowest BCUT2D eigenvalue weighted by atomic mass is 10.4. The minimum Gasteiger partial charge on any atom is -0.444 e. The lowest BCUT2D eigenvalue weighted by Gasteiger charge is -1.97. The molecule has 3 heterocycles. The second-order valence-electron chi connectivity index (χ2n) is 4.02. The summed E-state index contributed by atoms with van der Waals surface area (Å²) < 4.78 is 5.61. The maximum Gasteiger partial charge on any atom is 0.293 e. The smallest absolute Gasteiger partial charge is 0.293 e. The third-order valence-electron chi connectivity index (χ3n) is 2.57. The van der Waals surface area contributed by atoms with Crippen LogP contribution in [0.25, 0.3) is 10.6 Å². The van der Waals surface area contributed by atoms with Crippen molar-refractivity contribution in [3.05, 3.63) is 49.5 Å². The van der Waals surface area contributed by atoms with Crippen LogP contribution in [0.1, 0.15) is 10.6 Å². The molecule has 0 spiro atoms. The Labute approximate surface area is 139 Å². The van der Waals surface area contributed by atoms with Gasteiger partial charge >= 0.3 is 0 Å². The number of thiophene rings is 1. The highest BCUT2D eigenvalue weighted by Gasteiger charge is 2.16. The maximum absolute atomic E-state index is 11.9. The van der Waals surface area contributed by atoms with Crippen LogP contribution in [-0.2, 0) is 0 Å². The van der Waals surface area contributed by atoms with Gasteiger partial charge in [0.05, 0.1) is 20.9 Å². The maximum atomic E-state index is 11.9. The predicted octanol–water partition coefficient (Wildman–Crippen LogP) is 4.39. The SMILES string of the molecule is O=C(Nc1nc(-c2cc([N+](=O)[O-])cs2)cs1)c1ccc(Br)o1. The first-order valence-corrected chi connectivity index (χ1v) is 8.33. The molecule has 3 rings (SSSR count). The summed E-state index contributed by atoms with van der Waals surface area (Å²) in [5.41, 5.74) is 0.609. The summed E-state index contributed by atoms with van der Waals surface area (Å²) in [6, 6.07) is 4.61. The molecule has 0 aromatic carbocycles. The van der Waals surface area contributed by atoms with Crippen molar-refractivity contribution in [3.8, 4) is 10.6 Å². The summed E-state index contributed by atoms with van der Waals surface area (Å²) in [5, 5.41) is 16.9. The van der Waals surface area contributed by atoms with Crippen molar-refractivity contribution in [2.75, 3.05) is 5.32 Å². The van der Waals surface area contributed by atoms with E-state index in [1.807, 2.05) is 0 Å². The Balaban J connectivity index is 1.75. The number of hydrogen-bond acceptors (Lipinski definition) is 7. The van der Waals surface area contributed by atoms with Crippen LogP contribution in [-0.4, -0.2) is 15.8 Å². The zero-order valence-corrected chi connectivity index (χ0v) is 13.8. The van der Waals surface area contributed by atoms with Crippen molar-refractivity contribution in [1.29, 1.82) is 0 Å². The van der Waals surface area contributed by atoms with Crippen LogP contribution in [0.5, 0.6) is 0 Å². The highest BCUT2D eigenvalue weighted by atomic mass is 79.9. The number of hydrogen-bond donors (Lipinski definition) is 1. The van der Waals surface area contributed by atoms with E-state index in [-0.39, 0.29) is 11.4 Å². The number of anilines is 1. The molecule has 0 saturated heterocycles. The van der Waals surface area contributed by atoms with Gasteiger partial charge in [0.15, 0.2) is 15.6 Å². The predicted molar refractivity (Wildman–Crippen MR) is 86.4 cm³/mol. The van der Waals surface area contributed by atoms with E-state index in [0.29, 0.717) is 20.4 Å². The number of nitro groups is 1. The van der Waals surface area contributed by atoms with E-state index in [4.69, 9.17) is 4.42 Å². The van der Waals surface area contributed by atoms with Crippen molar-refractivity contribution in [3.63, 3.8) is 0 Å². The number of nitrogens with zero attached hydrogens (tertiary/aromatic N) is 2. The molecule has 3 aromatic heterocycles. The van der Waals surface area contributed by atoms with E-state index < -0.39 is 10.8 Å². The van der Waals surface area contributed by atoms with Gasteiger partial charge in [-0.25, -0.2) is 4.98 Å². The van der Waals surface area contributed by atoms with Crippen LogP contribution in [0.2, 0.25) is 0 Å². The van der Waals surface area contributed by atoms with Crippen LogP contribution >= 0.6 is 38.6 Å². The second-order valence-corrected chi connectivity index (χ2v) is 6.57. The summed E-state index contributed by atoms with van der Waals surface area (Å²) in [4.78, 5) is 27.1. The summed E-state index contributed by atoms with van der Waals surface area (Å²) in [6.07, 6.45) is 0. The first-order chi connectivity index (χ1) is 10.5. The number of rotatable bonds is 4. The van der Waals surface area contributed by atoms with Crippen LogP contribution in [0.3, 0.4) is 0 Å². The van der Waals surface area contributed by atoms with E-state index in [9.17, 15) is 14.9 Å². The first-order valence-electron chi connectivity index (χ1n) is 5.78. The lowest BCUT2D eigenvalue weighted by molar-refractivity contribution is -0.384. The molecule has 3 aromatic rings. The number of furan rings is 1. The molecule has 112 valence electrons. The minimum atomic E-state index is -0.455. The molecule has 7 nitrogen and oxygen atoms in total. The van der Waals surface area contributed by atoms with E-state index in [1.165, 1.54) is 40.2 Å². The topological polar surface area (TPSA) is 98.3 Å². The van der Waals surface area contributed by atoms with Gasteiger partial charge in [0.1, 0.15) is 0 Å². The van der Waals surface area contributed by atoms with Crippen molar-refractivity contribution >= 4 is 55.3 Å². The molecule has 0 saturated carbocycles. The van der Waals surface area contributed by atoms with Gasteiger partial charge in [0, 0.05) is 11.4 Å². The average Bonchev–Trinajstić information content (AvgIpc) is 3.16. The van der Waals surface area contributed by atoms with Gasteiger partial charge in [-0.05, 0) is 28.1 Å². The zero-order chi connectivity index (χ0) is 15.7. The van der Waals surface area contributed by atoms with Crippen LogP contribution < -0.4 is 5.32 Å². The van der Waals surface area contributed by atoms with Crippen molar-refractivity contribution < 1.29 is 14.1 Å². The summed E-state index contributed by atoms with van der Waals surface area (Å²) in [7, 11) is 0. The zero-order valence-electron chi connectivity index (χ0n) is 10.6. The molecular formula is C12H6BrN3O4S2. The highest BCUT2D eigenvalue weighted by molar-refractivity contribution is 9.10. The first kappa shape index (κ1) is 14.9. The Morgan fingerprint density at radius 1 is 1.36 bits per heavy atom. The highest BCUT2D eigenvalue weighted by Crippen LogP contribution is 2.33. The molecular weight excluding hydrogens is 394 g/mol. The van der Waals surface area contributed by atoms with Gasteiger partial charge in [0.25, 0.3) is 11.6 Å². The molecule has 22 heavy (non-hydrogen) atoms. The molecule has 1 N–H and O–H groups in total. The molecule has 10 heteroatoms. The van der Waals surface area contributed by atoms with E-state index in [1.54, 1.807) is 11.4 Å². The number of carbonyl (C=O) groups excluding carboxylic acids is 1. The summed E-state index contributed by atoms with van der Waals surface area (Å²) in [6.45, 7) is 0. The summed E-state index contributed by atoms with van der Waals surface area (Å²) in [5.74, 6) is -0.251. The van der Waals surface area contributed by atoms with Crippen LogP contribution in [0.4, 0.5) is 10.8 Å². The Bertz CT molecular complexity index is 854. The Hall–Kier alpha value is -2.04. The number of amides is 1. The van der Waals surface area contributed by atoms with Crippen LogP contribution in [0, 0.1) is 10.1 Å². The number of aromatic nitrogens is 1. The third kappa shape index (κ3) is 3.08. The molecule has 0 unspecified atom stereocenters. The van der Waals surface area contributed by atoms with E-state index >= 15 is 0 Å². The minimum absolute atomic E-state index is 0.0269. The number of halogens is 1. The Morgan fingerprint density at radius 3 is 2.82 bits per heavy atom. The average molecular weight is 400 g/mol. The Morgan fingerprint density at radius 2 is 2.18 bits per heavy atom. The van der Waals surface area contributed by atoms with Gasteiger partial charge < -0.3 is 4.42 Å². The molecule has 0 aliphatic carbocycles. The molecule has 0 bridgehead atoms. The Kier molecular flexibility index (Phi) is 4.05. The summed E-state index contributed by atoms with van der Waals surface area (Å²) >= 11 is 5.58. The second kappa shape index (κ2) is 5.99. The van der Waals surface area contributed by atoms with Crippen molar-refractivity contribution in [2.24, 2.45) is 0 Å². The monoisotopic (exact) mass is 399 g/mol. The molecule has 0 aliphatic heterocycles. The number of carbonyl (C=O) groups is 1. The lowest BCUT2D eigenvalue weighted by Crippen LogP contribution is -2.10. The third-order valence-corrected chi connectivity index (χ3v) is 4.69. The fourth-order valence-electron chi connectivity index (χ4n) is 1.60. The van der Waals surface area contributed by atoms with Gasteiger partial charge in [0.2, 0.25) is 0 Å². The quantitative estimate of drug-likeness (QED) is 0.518.